The van der Waals surface area contributed by atoms with Crippen LogP contribution in [0.25, 0.3) is 0 Å². The molecule has 5 heteroatoms. The average molecular weight is 385 g/mol. The summed E-state index contributed by atoms with van der Waals surface area (Å²) in [6, 6.07) is 6.67. The molecule has 1 aromatic heterocycles. The highest BCUT2D eigenvalue weighted by molar-refractivity contribution is 14.1. The molecule has 0 spiro atoms. The summed E-state index contributed by atoms with van der Waals surface area (Å²) in [5, 5.41) is 0. The van der Waals surface area contributed by atoms with Gasteiger partial charge in [0.25, 0.3) is 0 Å². The van der Waals surface area contributed by atoms with Gasteiger partial charge in [0.15, 0.2) is 0 Å². The molecule has 0 saturated carbocycles. The van der Waals surface area contributed by atoms with Crippen LogP contribution in [0.3, 0.4) is 0 Å². The van der Waals surface area contributed by atoms with Crippen LogP contribution in [-0.4, -0.2) is 9.97 Å². The maximum absolute atomic E-state index is 13.7. The largest absolute Gasteiger partial charge is 0.383 e. The number of anilines is 1. The van der Waals surface area contributed by atoms with Crippen molar-refractivity contribution in [2.45, 2.75) is 26.7 Å². The molecular formula is C15H17FIN3. The molecule has 1 heterocycles. The molecule has 0 unspecified atom stereocenters. The summed E-state index contributed by atoms with van der Waals surface area (Å²) in [5.41, 5.74) is 7.47. The second kappa shape index (κ2) is 6.47. The Morgan fingerprint density at radius 2 is 1.95 bits per heavy atom. The van der Waals surface area contributed by atoms with Gasteiger partial charge < -0.3 is 5.73 Å². The molecular weight excluding hydrogens is 368 g/mol. The van der Waals surface area contributed by atoms with Gasteiger partial charge in [-0.15, -0.1) is 0 Å². The third-order valence-electron chi connectivity index (χ3n) is 2.90. The minimum Gasteiger partial charge on any atom is -0.383 e. The Morgan fingerprint density at radius 3 is 2.60 bits per heavy atom. The lowest BCUT2D eigenvalue weighted by atomic mass is 10.1. The average Bonchev–Trinajstić information content (AvgIpc) is 2.37. The van der Waals surface area contributed by atoms with Crippen LogP contribution in [0.4, 0.5) is 10.2 Å². The van der Waals surface area contributed by atoms with Crippen LogP contribution < -0.4 is 5.73 Å². The molecule has 0 fully saturated rings. The van der Waals surface area contributed by atoms with Crippen LogP contribution in [0.15, 0.2) is 24.3 Å². The molecule has 20 heavy (non-hydrogen) atoms. The number of nitrogen functional groups attached to an aromatic ring is 1. The first-order valence-electron chi connectivity index (χ1n) is 6.51. The quantitative estimate of drug-likeness (QED) is 0.819. The molecule has 2 N–H and O–H groups in total. The number of nitrogens with zero attached hydrogens (tertiary/aromatic N) is 2. The molecule has 106 valence electrons. The molecule has 0 atom stereocenters. The maximum Gasteiger partial charge on any atom is 0.140 e. The summed E-state index contributed by atoms with van der Waals surface area (Å²) in [6.07, 6.45) is 1.20. The third-order valence-corrected chi connectivity index (χ3v) is 4.08. The van der Waals surface area contributed by atoms with Crippen molar-refractivity contribution in [3.05, 3.63) is 50.7 Å². The van der Waals surface area contributed by atoms with Gasteiger partial charge in [0, 0.05) is 6.42 Å². The molecule has 1 aromatic carbocycles. The summed E-state index contributed by atoms with van der Waals surface area (Å²) in [6.45, 7) is 4.26. The highest BCUT2D eigenvalue weighted by atomic mass is 127. The second-order valence-electron chi connectivity index (χ2n) is 5.15. The number of rotatable bonds is 4. The van der Waals surface area contributed by atoms with Crippen LogP contribution in [-0.2, 0) is 12.8 Å². The summed E-state index contributed by atoms with van der Waals surface area (Å²) in [7, 11) is 0. The zero-order valence-corrected chi connectivity index (χ0v) is 13.7. The van der Waals surface area contributed by atoms with Gasteiger partial charge in [0.1, 0.15) is 17.5 Å². The lowest BCUT2D eigenvalue weighted by Gasteiger charge is -2.11. The van der Waals surface area contributed by atoms with E-state index in [0.717, 1.165) is 15.7 Å². The molecule has 0 aliphatic rings. The number of hydrogen-bond donors (Lipinski definition) is 1. The van der Waals surface area contributed by atoms with Crippen molar-refractivity contribution in [1.29, 1.82) is 0 Å². The fraction of sp³-hybridized carbons (Fsp3) is 0.333. The first-order chi connectivity index (χ1) is 9.47. The van der Waals surface area contributed by atoms with E-state index < -0.39 is 0 Å². The van der Waals surface area contributed by atoms with Gasteiger partial charge in [-0.3, -0.25) is 0 Å². The predicted molar refractivity (Wildman–Crippen MR) is 86.9 cm³/mol. The minimum atomic E-state index is -0.237. The van der Waals surface area contributed by atoms with Gasteiger partial charge in [-0.2, -0.15) is 0 Å². The van der Waals surface area contributed by atoms with Crippen LogP contribution >= 0.6 is 22.6 Å². The third kappa shape index (κ3) is 3.65. The Kier molecular flexibility index (Phi) is 4.91. The van der Waals surface area contributed by atoms with Crippen molar-refractivity contribution in [3.63, 3.8) is 0 Å². The van der Waals surface area contributed by atoms with E-state index >= 15 is 0 Å². The van der Waals surface area contributed by atoms with E-state index in [4.69, 9.17) is 5.73 Å². The van der Waals surface area contributed by atoms with Crippen LogP contribution in [0.1, 0.15) is 30.9 Å². The van der Waals surface area contributed by atoms with Crippen molar-refractivity contribution in [2.75, 3.05) is 5.73 Å². The van der Waals surface area contributed by atoms with E-state index in [1.54, 1.807) is 12.1 Å². The fourth-order valence-corrected chi connectivity index (χ4v) is 2.44. The first-order valence-corrected chi connectivity index (χ1v) is 7.59. The Morgan fingerprint density at radius 1 is 1.25 bits per heavy atom. The van der Waals surface area contributed by atoms with E-state index in [9.17, 15) is 4.39 Å². The fourth-order valence-electron chi connectivity index (χ4n) is 1.98. The number of benzene rings is 1. The Bertz CT molecular complexity index is 614. The summed E-state index contributed by atoms with van der Waals surface area (Å²) >= 11 is 2.17. The van der Waals surface area contributed by atoms with E-state index in [0.29, 0.717) is 29.5 Å². The second-order valence-corrected chi connectivity index (χ2v) is 6.23. The first kappa shape index (κ1) is 15.2. The van der Waals surface area contributed by atoms with Gasteiger partial charge in [0.05, 0.1) is 9.26 Å². The monoisotopic (exact) mass is 385 g/mol. The zero-order chi connectivity index (χ0) is 14.7. The van der Waals surface area contributed by atoms with Gasteiger partial charge >= 0.3 is 0 Å². The highest BCUT2D eigenvalue weighted by Gasteiger charge is 2.13. The predicted octanol–water partition coefficient (Wildman–Crippen LogP) is 3.59. The topological polar surface area (TPSA) is 51.8 Å². The number of hydrogen-bond acceptors (Lipinski definition) is 3. The van der Waals surface area contributed by atoms with E-state index in [2.05, 4.69) is 46.4 Å². The standard InChI is InChI=1S/C15H17FIN3/c1-9(2)7-12-14(17)15(18)20-13(19-12)8-10-5-3-4-6-11(10)16/h3-6,9H,7-8H2,1-2H3,(H2,18,19,20). The normalized spacial score (nSPS) is 11.1. The highest BCUT2D eigenvalue weighted by Crippen LogP contribution is 2.20. The summed E-state index contributed by atoms with van der Waals surface area (Å²) < 4.78 is 14.6. The smallest absolute Gasteiger partial charge is 0.140 e. The number of nitrogens with two attached hydrogens (primary N) is 1. The molecule has 0 saturated heterocycles. The van der Waals surface area contributed by atoms with Crippen molar-refractivity contribution in [2.24, 2.45) is 5.92 Å². The van der Waals surface area contributed by atoms with Crippen molar-refractivity contribution >= 4 is 28.4 Å². The lowest BCUT2D eigenvalue weighted by Crippen LogP contribution is -2.10. The van der Waals surface area contributed by atoms with E-state index in [-0.39, 0.29) is 5.82 Å². The van der Waals surface area contributed by atoms with Gasteiger partial charge in [-0.05, 0) is 46.6 Å². The number of aromatic nitrogens is 2. The molecule has 0 aliphatic carbocycles. The Labute approximate surface area is 132 Å². The van der Waals surface area contributed by atoms with Gasteiger partial charge in [0.2, 0.25) is 0 Å². The van der Waals surface area contributed by atoms with Gasteiger partial charge in [-0.25, -0.2) is 14.4 Å². The lowest BCUT2D eigenvalue weighted by molar-refractivity contribution is 0.609. The molecule has 2 rings (SSSR count). The zero-order valence-electron chi connectivity index (χ0n) is 11.5. The molecule has 0 aliphatic heterocycles. The molecule has 2 aromatic rings. The SMILES string of the molecule is CC(C)Cc1nc(Cc2ccccc2F)nc(N)c1I. The van der Waals surface area contributed by atoms with E-state index in [1.165, 1.54) is 6.07 Å². The van der Waals surface area contributed by atoms with Crippen molar-refractivity contribution in [3.8, 4) is 0 Å². The molecule has 0 radical (unpaired) electrons. The molecule has 0 bridgehead atoms. The summed E-state index contributed by atoms with van der Waals surface area (Å²) in [5.74, 6) is 1.30. The molecule has 0 amide bonds. The Hall–Kier alpha value is -1.24. The maximum atomic E-state index is 13.7. The van der Waals surface area contributed by atoms with Crippen LogP contribution in [0.2, 0.25) is 0 Å². The van der Waals surface area contributed by atoms with Crippen molar-refractivity contribution < 1.29 is 4.39 Å². The molecule has 3 nitrogen and oxygen atoms in total. The van der Waals surface area contributed by atoms with Crippen LogP contribution in [0, 0.1) is 15.3 Å². The number of halogens is 2. The van der Waals surface area contributed by atoms with Crippen LogP contribution in [0.5, 0.6) is 0 Å². The Balaban J connectivity index is 2.33. The minimum absolute atomic E-state index is 0.237. The van der Waals surface area contributed by atoms with E-state index in [1.807, 2.05) is 6.07 Å². The van der Waals surface area contributed by atoms with Crippen molar-refractivity contribution in [1.82, 2.24) is 9.97 Å². The summed E-state index contributed by atoms with van der Waals surface area (Å²) in [4.78, 5) is 8.81. The van der Waals surface area contributed by atoms with Gasteiger partial charge in [-0.1, -0.05) is 32.0 Å².